The molecule has 0 unspecified atom stereocenters. The number of nitrogens with zero attached hydrogens (tertiary/aromatic N) is 3. The van der Waals surface area contributed by atoms with Gasteiger partial charge in [-0.3, -0.25) is 9.30 Å². The second-order valence-corrected chi connectivity index (χ2v) is 5.31. The van der Waals surface area contributed by atoms with Gasteiger partial charge in [-0.1, -0.05) is 6.07 Å². The van der Waals surface area contributed by atoms with E-state index in [0.29, 0.717) is 0 Å². The number of aromatic nitrogens is 2. The highest BCUT2D eigenvalue weighted by atomic mass is 127. The van der Waals surface area contributed by atoms with Gasteiger partial charge in [0.25, 0.3) is 0 Å². The molecule has 0 radical (unpaired) electrons. The van der Waals surface area contributed by atoms with Gasteiger partial charge in [-0.2, -0.15) is 0 Å². The predicted molar refractivity (Wildman–Crippen MR) is 72.4 cm³/mol. The van der Waals surface area contributed by atoms with Gasteiger partial charge in [0, 0.05) is 35.3 Å². The monoisotopic (exact) mass is 327 g/mol. The van der Waals surface area contributed by atoms with Crippen LogP contribution in [0.3, 0.4) is 0 Å². The van der Waals surface area contributed by atoms with Crippen molar-refractivity contribution in [1.82, 2.24) is 14.3 Å². The third-order valence-electron chi connectivity index (χ3n) is 3.15. The van der Waals surface area contributed by atoms with E-state index in [1.165, 1.54) is 37.0 Å². The maximum Gasteiger partial charge on any atom is 0.175 e. The van der Waals surface area contributed by atoms with Crippen molar-refractivity contribution in [2.45, 2.75) is 19.4 Å². The molecule has 0 aromatic carbocycles. The maximum absolute atomic E-state index is 4.30. The first kappa shape index (κ1) is 10.5. The molecule has 1 saturated heterocycles. The quantitative estimate of drug-likeness (QED) is 0.790. The summed E-state index contributed by atoms with van der Waals surface area (Å²) in [6.45, 7) is 3.57. The Morgan fingerprint density at radius 1 is 1.25 bits per heavy atom. The minimum Gasteiger partial charge on any atom is -0.299 e. The zero-order valence-electron chi connectivity index (χ0n) is 9.06. The molecule has 1 fully saturated rings. The largest absolute Gasteiger partial charge is 0.299 e. The van der Waals surface area contributed by atoms with Crippen molar-refractivity contribution in [2.75, 3.05) is 13.1 Å². The molecule has 0 atom stereocenters. The van der Waals surface area contributed by atoms with E-state index in [0.717, 1.165) is 10.4 Å². The highest BCUT2D eigenvalue weighted by Crippen LogP contribution is 2.15. The Hall–Kier alpha value is -0.620. The molecule has 3 heterocycles. The van der Waals surface area contributed by atoms with Crippen LogP contribution in [0, 0.1) is 3.83 Å². The molecule has 3 nitrogen and oxygen atoms in total. The predicted octanol–water partition coefficient (Wildman–Crippen LogP) is 2.53. The van der Waals surface area contributed by atoms with Crippen LogP contribution in [0.25, 0.3) is 5.52 Å². The number of likely N-dealkylation sites (tertiary alicyclic amines) is 1. The number of imidazole rings is 1. The molecule has 0 amide bonds. The van der Waals surface area contributed by atoms with Gasteiger partial charge in [0.2, 0.25) is 0 Å². The smallest absolute Gasteiger partial charge is 0.175 e. The molecule has 2 aromatic heterocycles. The zero-order chi connectivity index (χ0) is 11.0. The van der Waals surface area contributed by atoms with E-state index >= 15 is 0 Å². The molecule has 16 heavy (non-hydrogen) atoms. The van der Waals surface area contributed by atoms with Crippen LogP contribution in [-0.2, 0) is 6.54 Å². The molecular weight excluding hydrogens is 313 g/mol. The number of hydrogen-bond donors (Lipinski definition) is 0. The SMILES string of the molecule is Ic1ncc2ccc(CN3CCCC3)cn12. The van der Waals surface area contributed by atoms with Crippen molar-refractivity contribution in [3.63, 3.8) is 0 Å². The van der Waals surface area contributed by atoms with Crippen LogP contribution in [0.15, 0.2) is 24.5 Å². The van der Waals surface area contributed by atoms with Gasteiger partial charge in [0.1, 0.15) is 0 Å². The van der Waals surface area contributed by atoms with E-state index in [-0.39, 0.29) is 0 Å². The average molecular weight is 327 g/mol. The van der Waals surface area contributed by atoms with Crippen molar-refractivity contribution in [1.29, 1.82) is 0 Å². The fraction of sp³-hybridized carbons (Fsp3) is 0.417. The van der Waals surface area contributed by atoms with Crippen molar-refractivity contribution >= 4 is 28.1 Å². The second-order valence-electron chi connectivity index (χ2n) is 4.34. The standard InChI is InChI=1S/C12H14IN3/c13-12-14-7-11-4-3-10(9-16(11)12)8-15-5-1-2-6-15/h3-4,7,9H,1-2,5-6,8H2. The maximum atomic E-state index is 4.30. The lowest BCUT2D eigenvalue weighted by Gasteiger charge is -2.14. The Bertz CT molecular complexity index is 500. The van der Waals surface area contributed by atoms with Crippen LogP contribution in [0.1, 0.15) is 18.4 Å². The van der Waals surface area contributed by atoms with E-state index in [9.17, 15) is 0 Å². The lowest BCUT2D eigenvalue weighted by atomic mass is 10.2. The van der Waals surface area contributed by atoms with Gasteiger partial charge in [0.15, 0.2) is 3.83 Å². The number of fused-ring (bicyclic) bond motifs is 1. The lowest BCUT2D eigenvalue weighted by molar-refractivity contribution is 0.331. The van der Waals surface area contributed by atoms with Gasteiger partial charge in [-0.05, 0) is 37.6 Å². The molecule has 1 aliphatic rings. The number of halogens is 1. The first-order chi connectivity index (χ1) is 7.83. The second kappa shape index (κ2) is 4.33. The Balaban J connectivity index is 1.88. The van der Waals surface area contributed by atoms with Crippen LogP contribution in [-0.4, -0.2) is 27.4 Å². The summed E-state index contributed by atoms with van der Waals surface area (Å²) in [7, 11) is 0. The van der Waals surface area contributed by atoms with E-state index < -0.39 is 0 Å². The molecular formula is C12H14IN3. The molecule has 0 aliphatic carbocycles. The summed E-state index contributed by atoms with van der Waals surface area (Å²) in [5.74, 6) is 0. The van der Waals surface area contributed by atoms with Crippen molar-refractivity contribution in [3.8, 4) is 0 Å². The summed E-state index contributed by atoms with van der Waals surface area (Å²) in [5.41, 5.74) is 2.56. The van der Waals surface area contributed by atoms with Crippen LogP contribution in [0.2, 0.25) is 0 Å². The Morgan fingerprint density at radius 2 is 2.06 bits per heavy atom. The van der Waals surface area contributed by atoms with Gasteiger partial charge >= 0.3 is 0 Å². The van der Waals surface area contributed by atoms with Crippen molar-refractivity contribution in [3.05, 3.63) is 33.9 Å². The molecule has 0 N–H and O–H groups in total. The summed E-state index contributed by atoms with van der Waals surface area (Å²) in [4.78, 5) is 6.82. The van der Waals surface area contributed by atoms with Gasteiger partial charge < -0.3 is 0 Å². The number of hydrogen-bond acceptors (Lipinski definition) is 2. The molecule has 4 heteroatoms. The summed E-state index contributed by atoms with van der Waals surface area (Å²) in [5, 5.41) is 0. The molecule has 0 spiro atoms. The lowest BCUT2D eigenvalue weighted by Crippen LogP contribution is -2.18. The minimum atomic E-state index is 1.04. The fourth-order valence-corrected chi connectivity index (χ4v) is 2.85. The summed E-state index contributed by atoms with van der Waals surface area (Å²) < 4.78 is 3.20. The Morgan fingerprint density at radius 3 is 2.88 bits per heavy atom. The van der Waals surface area contributed by atoms with Crippen LogP contribution in [0.5, 0.6) is 0 Å². The first-order valence-corrected chi connectivity index (χ1v) is 6.75. The summed E-state index contributed by atoms with van der Waals surface area (Å²) in [6, 6.07) is 4.37. The summed E-state index contributed by atoms with van der Waals surface area (Å²) >= 11 is 2.27. The third-order valence-corrected chi connectivity index (χ3v) is 3.95. The Kier molecular flexibility index (Phi) is 2.85. The van der Waals surface area contributed by atoms with Crippen LogP contribution >= 0.6 is 22.6 Å². The fourth-order valence-electron chi connectivity index (χ4n) is 2.30. The third kappa shape index (κ3) is 1.96. The first-order valence-electron chi connectivity index (χ1n) is 5.67. The van der Waals surface area contributed by atoms with E-state index in [4.69, 9.17) is 0 Å². The topological polar surface area (TPSA) is 20.5 Å². The van der Waals surface area contributed by atoms with Gasteiger partial charge in [-0.25, -0.2) is 4.98 Å². The normalized spacial score (nSPS) is 17.3. The van der Waals surface area contributed by atoms with Gasteiger partial charge in [-0.15, -0.1) is 0 Å². The van der Waals surface area contributed by atoms with E-state index in [1.54, 1.807) is 0 Å². The number of pyridine rings is 1. The van der Waals surface area contributed by atoms with Crippen molar-refractivity contribution < 1.29 is 0 Å². The van der Waals surface area contributed by atoms with Crippen LogP contribution < -0.4 is 0 Å². The minimum absolute atomic E-state index is 1.04. The van der Waals surface area contributed by atoms with Crippen LogP contribution in [0.4, 0.5) is 0 Å². The van der Waals surface area contributed by atoms with Gasteiger partial charge in [0.05, 0.1) is 11.7 Å². The summed E-state index contributed by atoms with van der Waals surface area (Å²) in [6.07, 6.45) is 6.83. The molecule has 3 rings (SSSR count). The Labute approximate surface area is 109 Å². The number of rotatable bonds is 2. The molecule has 84 valence electrons. The average Bonchev–Trinajstić information content (AvgIpc) is 2.90. The highest BCUT2D eigenvalue weighted by molar-refractivity contribution is 14.1. The van der Waals surface area contributed by atoms with E-state index in [1.807, 2.05) is 6.20 Å². The molecule has 0 bridgehead atoms. The highest BCUT2D eigenvalue weighted by Gasteiger charge is 2.12. The molecule has 2 aromatic rings. The molecule has 0 saturated carbocycles. The van der Waals surface area contributed by atoms with E-state index in [2.05, 4.69) is 55.2 Å². The molecule has 1 aliphatic heterocycles. The zero-order valence-corrected chi connectivity index (χ0v) is 11.2. The van der Waals surface area contributed by atoms with Crippen molar-refractivity contribution in [2.24, 2.45) is 0 Å².